The lowest BCUT2D eigenvalue weighted by molar-refractivity contribution is -0.131. The highest BCUT2D eigenvalue weighted by molar-refractivity contribution is 5.91. The van der Waals surface area contributed by atoms with Gasteiger partial charge in [-0.05, 0) is 46.4 Å². The van der Waals surface area contributed by atoms with Crippen molar-refractivity contribution in [3.63, 3.8) is 0 Å². The van der Waals surface area contributed by atoms with Gasteiger partial charge in [-0.25, -0.2) is 4.79 Å². The molecule has 0 aliphatic heterocycles. The van der Waals surface area contributed by atoms with Crippen molar-refractivity contribution in [1.29, 1.82) is 0 Å². The minimum atomic E-state index is -0.851. The first kappa shape index (κ1) is 13.9. The summed E-state index contributed by atoms with van der Waals surface area (Å²) in [6, 6.07) is 6.53. The number of fused-ring (bicyclic) bond motifs is 1. The fraction of sp³-hybridized carbons (Fsp3) is 0.471. The Morgan fingerprint density at radius 1 is 1.37 bits per heavy atom. The fourth-order valence-electron chi connectivity index (χ4n) is 2.79. The van der Waals surface area contributed by atoms with Gasteiger partial charge in [0.15, 0.2) is 0 Å². The van der Waals surface area contributed by atoms with Gasteiger partial charge in [-0.1, -0.05) is 45.9 Å². The summed E-state index contributed by atoms with van der Waals surface area (Å²) in [7, 11) is 0. The molecule has 0 atom stereocenters. The van der Waals surface area contributed by atoms with Crippen molar-refractivity contribution in [2.75, 3.05) is 0 Å². The summed E-state index contributed by atoms with van der Waals surface area (Å²) in [5.74, 6) is -0.392. The van der Waals surface area contributed by atoms with E-state index in [1.165, 1.54) is 17.2 Å². The second kappa shape index (κ2) is 4.84. The molecule has 0 unspecified atom stereocenters. The van der Waals surface area contributed by atoms with E-state index in [-0.39, 0.29) is 5.41 Å². The van der Waals surface area contributed by atoms with Crippen LogP contribution in [0.5, 0.6) is 0 Å². The number of aliphatic carboxylic acids is 1. The Bertz CT molecular complexity index is 536. The van der Waals surface area contributed by atoms with E-state index in [1.54, 1.807) is 0 Å². The number of hydrogen-bond donors (Lipinski definition) is 1. The van der Waals surface area contributed by atoms with Gasteiger partial charge < -0.3 is 5.11 Å². The molecule has 2 nitrogen and oxygen atoms in total. The monoisotopic (exact) mass is 258 g/mol. The molecule has 0 amide bonds. The van der Waals surface area contributed by atoms with E-state index >= 15 is 0 Å². The van der Waals surface area contributed by atoms with Crippen LogP contribution in [-0.4, -0.2) is 11.1 Å². The summed E-state index contributed by atoms with van der Waals surface area (Å²) >= 11 is 0. The molecular formula is C17H22O2. The molecule has 1 N–H and O–H groups in total. The molecule has 0 spiro atoms. The molecule has 0 saturated carbocycles. The number of carboxylic acid groups (broad SMARTS) is 1. The average Bonchev–Trinajstić information content (AvgIpc) is 2.32. The van der Waals surface area contributed by atoms with E-state index in [9.17, 15) is 4.79 Å². The Morgan fingerprint density at radius 2 is 2.05 bits per heavy atom. The van der Waals surface area contributed by atoms with Crippen LogP contribution >= 0.6 is 0 Å². The second-order valence-electron chi connectivity index (χ2n) is 6.35. The first-order valence-electron chi connectivity index (χ1n) is 6.89. The maximum absolute atomic E-state index is 11.0. The van der Waals surface area contributed by atoms with Crippen LogP contribution in [0.4, 0.5) is 0 Å². The molecule has 2 heteroatoms. The van der Waals surface area contributed by atoms with E-state index in [0.717, 1.165) is 24.0 Å². The van der Waals surface area contributed by atoms with Crippen molar-refractivity contribution < 1.29 is 9.90 Å². The zero-order valence-corrected chi connectivity index (χ0v) is 12.2. The molecule has 0 radical (unpaired) electrons. The largest absolute Gasteiger partial charge is 0.478 e. The zero-order chi connectivity index (χ0) is 14.2. The van der Waals surface area contributed by atoms with E-state index in [0.29, 0.717) is 5.92 Å². The zero-order valence-electron chi connectivity index (χ0n) is 12.2. The van der Waals surface area contributed by atoms with Gasteiger partial charge in [0.1, 0.15) is 0 Å². The molecule has 0 saturated heterocycles. The second-order valence-corrected chi connectivity index (χ2v) is 6.35. The number of carbonyl (C=O) groups is 1. The van der Waals surface area contributed by atoms with Gasteiger partial charge in [-0.2, -0.15) is 0 Å². The number of rotatable bonds is 2. The summed E-state index contributed by atoms with van der Waals surface area (Å²) in [6.45, 7) is 8.80. The maximum atomic E-state index is 11.0. The average molecular weight is 258 g/mol. The lowest BCUT2D eigenvalue weighted by atomic mass is 9.70. The van der Waals surface area contributed by atoms with Crippen LogP contribution in [0.1, 0.15) is 63.1 Å². The van der Waals surface area contributed by atoms with Gasteiger partial charge >= 0.3 is 5.97 Å². The fourth-order valence-corrected chi connectivity index (χ4v) is 2.79. The summed E-state index contributed by atoms with van der Waals surface area (Å²) in [5, 5.41) is 9.02. The quantitative estimate of drug-likeness (QED) is 0.801. The molecule has 0 fully saturated rings. The van der Waals surface area contributed by atoms with Crippen LogP contribution in [0.25, 0.3) is 5.57 Å². The molecule has 0 bridgehead atoms. The van der Waals surface area contributed by atoms with E-state index in [2.05, 4.69) is 45.9 Å². The van der Waals surface area contributed by atoms with Crippen LogP contribution in [0.3, 0.4) is 0 Å². The van der Waals surface area contributed by atoms with Gasteiger partial charge in [-0.3, -0.25) is 0 Å². The number of benzene rings is 1. The first-order chi connectivity index (χ1) is 8.81. The van der Waals surface area contributed by atoms with Crippen molar-refractivity contribution in [3.8, 4) is 0 Å². The third-order valence-corrected chi connectivity index (χ3v) is 4.10. The van der Waals surface area contributed by atoms with Crippen molar-refractivity contribution >= 4 is 11.5 Å². The van der Waals surface area contributed by atoms with Gasteiger partial charge in [0.25, 0.3) is 0 Å². The molecule has 1 aliphatic rings. The summed E-state index contributed by atoms with van der Waals surface area (Å²) in [4.78, 5) is 11.0. The smallest absolute Gasteiger partial charge is 0.328 e. The lowest BCUT2D eigenvalue weighted by Gasteiger charge is -2.34. The third kappa shape index (κ3) is 2.73. The molecule has 19 heavy (non-hydrogen) atoms. The standard InChI is InChI=1S/C17H22O2/c1-11(2)12-5-6-15-14(9-12)13(10-16(18)19)7-8-17(15,3)4/h5-6,9-11H,7-8H2,1-4H3,(H,18,19)/b13-10+. The van der Waals surface area contributed by atoms with E-state index in [1.807, 2.05) is 0 Å². The van der Waals surface area contributed by atoms with E-state index < -0.39 is 5.97 Å². The van der Waals surface area contributed by atoms with Crippen molar-refractivity contribution in [3.05, 3.63) is 41.0 Å². The molecule has 0 aromatic heterocycles. The van der Waals surface area contributed by atoms with Crippen molar-refractivity contribution in [1.82, 2.24) is 0 Å². The summed E-state index contributed by atoms with van der Waals surface area (Å²) in [6.07, 6.45) is 3.21. The molecule has 0 heterocycles. The molecule has 102 valence electrons. The topological polar surface area (TPSA) is 37.3 Å². The van der Waals surface area contributed by atoms with Crippen LogP contribution in [0.2, 0.25) is 0 Å². The third-order valence-electron chi connectivity index (χ3n) is 4.10. The summed E-state index contributed by atoms with van der Waals surface area (Å²) < 4.78 is 0. The SMILES string of the molecule is CC(C)c1ccc2c(c1)/C(=C/C(=O)O)CCC2(C)C. The number of allylic oxidation sites excluding steroid dienone is 1. The molecule has 2 rings (SSSR count). The lowest BCUT2D eigenvalue weighted by Crippen LogP contribution is -2.23. The molecular weight excluding hydrogens is 236 g/mol. The van der Waals surface area contributed by atoms with Crippen molar-refractivity contribution in [2.24, 2.45) is 0 Å². The van der Waals surface area contributed by atoms with Gasteiger partial charge in [0.2, 0.25) is 0 Å². The minimum absolute atomic E-state index is 0.126. The molecule has 1 aromatic carbocycles. The Balaban J connectivity index is 2.60. The minimum Gasteiger partial charge on any atom is -0.478 e. The van der Waals surface area contributed by atoms with Gasteiger partial charge in [-0.15, -0.1) is 0 Å². The predicted octanol–water partition coefficient (Wildman–Crippen LogP) is 4.35. The highest BCUT2D eigenvalue weighted by atomic mass is 16.4. The maximum Gasteiger partial charge on any atom is 0.328 e. The molecule has 1 aromatic rings. The van der Waals surface area contributed by atoms with Crippen LogP contribution in [0.15, 0.2) is 24.3 Å². The highest BCUT2D eigenvalue weighted by Crippen LogP contribution is 2.42. The Morgan fingerprint density at radius 3 is 2.63 bits per heavy atom. The number of carboxylic acids is 1. The van der Waals surface area contributed by atoms with Gasteiger partial charge in [0, 0.05) is 6.08 Å². The van der Waals surface area contributed by atoms with Gasteiger partial charge in [0.05, 0.1) is 0 Å². The number of hydrogen-bond acceptors (Lipinski definition) is 1. The Kier molecular flexibility index (Phi) is 3.53. The highest BCUT2D eigenvalue weighted by Gasteiger charge is 2.30. The first-order valence-corrected chi connectivity index (χ1v) is 6.89. The van der Waals surface area contributed by atoms with Crippen LogP contribution in [0, 0.1) is 0 Å². The Hall–Kier alpha value is -1.57. The molecule has 1 aliphatic carbocycles. The van der Waals surface area contributed by atoms with Crippen LogP contribution < -0.4 is 0 Å². The summed E-state index contributed by atoms with van der Waals surface area (Å²) in [5.41, 5.74) is 4.76. The predicted molar refractivity (Wildman–Crippen MR) is 78.4 cm³/mol. The van der Waals surface area contributed by atoms with Crippen LogP contribution in [-0.2, 0) is 10.2 Å². The van der Waals surface area contributed by atoms with Crippen molar-refractivity contribution in [2.45, 2.75) is 51.9 Å². The Labute approximate surface area is 115 Å². The normalized spacial score (nSPS) is 19.5. The van der Waals surface area contributed by atoms with E-state index in [4.69, 9.17) is 5.11 Å².